The quantitative estimate of drug-likeness (QED) is 0.176. The fourth-order valence-corrected chi connectivity index (χ4v) is 9.63. The van der Waals surface area contributed by atoms with Crippen molar-refractivity contribution >= 4 is 39.0 Å². The zero-order valence-corrected chi connectivity index (χ0v) is 31.5. The summed E-state index contributed by atoms with van der Waals surface area (Å²) in [5.74, 6) is 1.77. The van der Waals surface area contributed by atoms with Crippen LogP contribution in [0.4, 0.5) is 17.1 Å². The van der Waals surface area contributed by atoms with Gasteiger partial charge in [0.15, 0.2) is 0 Å². The highest BCUT2D eigenvalue weighted by molar-refractivity contribution is 6.11. The molecule has 12 rings (SSSR count). The molecule has 9 aromatic carbocycles. The zero-order valence-electron chi connectivity index (χ0n) is 31.5. The third-order valence-corrected chi connectivity index (χ3v) is 12.1. The maximum Gasteiger partial charge on any atom is 0.143 e. The van der Waals surface area contributed by atoms with Crippen molar-refractivity contribution in [1.82, 2.24) is 0 Å². The zero-order chi connectivity index (χ0) is 38.2. The summed E-state index contributed by atoms with van der Waals surface area (Å²) in [5, 5.41) is 2.17. The number of anilines is 3. The predicted octanol–water partition coefficient (Wildman–Crippen LogP) is 14.9. The van der Waals surface area contributed by atoms with Crippen molar-refractivity contribution in [3.8, 4) is 44.9 Å². The molecule has 0 N–H and O–H groups in total. The SMILES string of the molecule is c1ccc(-c2ccc(N(c3ccc4c(c3)C3(c5ccccc5Oc5ccccc53)c3ccccc3-4)c3ccc4oc5c(-c6ccccc6)cccc5c4c3)cc2)cc1. The fraction of sp³-hybridized carbons (Fsp3) is 0.0182. The molecule has 0 saturated heterocycles. The molecule has 0 amide bonds. The first-order valence-electron chi connectivity index (χ1n) is 19.8. The second kappa shape index (κ2) is 12.7. The lowest BCUT2D eigenvalue weighted by molar-refractivity contribution is 0.436. The Morgan fingerprint density at radius 3 is 1.64 bits per heavy atom. The van der Waals surface area contributed by atoms with E-state index in [0.717, 1.165) is 72.8 Å². The van der Waals surface area contributed by atoms with E-state index in [1.54, 1.807) is 0 Å². The van der Waals surface area contributed by atoms with E-state index >= 15 is 0 Å². The number of nitrogens with zero attached hydrogens (tertiary/aromatic N) is 1. The molecule has 1 spiro atoms. The molecule has 10 aromatic rings. The van der Waals surface area contributed by atoms with Crippen LogP contribution >= 0.6 is 0 Å². The number of para-hydroxylation sites is 3. The van der Waals surface area contributed by atoms with Crippen LogP contribution in [0.15, 0.2) is 217 Å². The summed E-state index contributed by atoms with van der Waals surface area (Å²) in [6, 6.07) is 76.1. The van der Waals surface area contributed by atoms with Gasteiger partial charge in [-0.25, -0.2) is 0 Å². The molecular weight excluding hydrogens is 707 g/mol. The van der Waals surface area contributed by atoms with Gasteiger partial charge < -0.3 is 14.1 Å². The summed E-state index contributed by atoms with van der Waals surface area (Å²) in [6.45, 7) is 0. The molecule has 0 unspecified atom stereocenters. The molecule has 1 aromatic heterocycles. The van der Waals surface area contributed by atoms with Crippen LogP contribution in [-0.4, -0.2) is 0 Å². The van der Waals surface area contributed by atoms with Gasteiger partial charge >= 0.3 is 0 Å². The van der Waals surface area contributed by atoms with E-state index in [9.17, 15) is 0 Å². The normalized spacial score (nSPS) is 13.1. The number of rotatable bonds is 5. The highest BCUT2D eigenvalue weighted by Gasteiger charge is 2.51. The minimum atomic E-state index is -0.575. The van der Waals surface area contributed by atoms with Crippen LogP contribution in [-0.2, 0) is 5.41 Å². The van der Waals surface area contributed by atoms with Gasteiger partial charge in [0.05, 0.1) is 5.41 Å². The minimum absolute atomic E-state index is 0.575. The van der Waals surface area contributed by atoms with E-state index in [1.807, 2.05) is 0 Å². The molecule has 2 aliphatic rings. The molecule has 0 fully saturated rings. The lowest BCUT2D eigenvalue weighted by atomic mass is 9.66. The Morgan fingerprint density at radius 1 is 0.345 bits per heavy atom. The van der Waals surface area contributed by atoms with Crippen LogP contribution in [0.2, 0.25) is 0 Å². The summed E-state index contributed by atoms with van der Waals surface area (Å²) < 4.78 is 13.3. The van der Waals surface area contributed by atoms with Gasteiger partial charge in [-0.15, -0.1) is 0 Å². The molecular formula is C55H35NO2. The number of furan rings is 1. The Bertz CT molecular complexity index is 3150. The molecule has 1 aliphatic heterocycles. The summed E-state index contributed by atoms with van der Waals surface area (Å²) in [5.41, 5.74) is 16.2. The Morgan fingerprint density at radius 2 is 0.897 bits per heavy atom. The van der Waals surface area contributed by atoms with Crippen molar-refractivity contribution in [3.05, 3.63) is 235 Å². The number of hydrogen-bond acceptors (Lipinski definition) is 3. The smallest absolute Gasteiger partial charge is 0.143 e. The van der Waals surface area contributed by atoms with Crippen LogP contribution in [0, 0.1) is 0 Å². The predicted molar refractivity (Wildman–Crippen MR) is 237 cm³/mol. The van der Waals surface area contributed by atoms with Crippen LogP contribution in [0.5, 0.6) is 11.5 Å². The summed E-state index contributed by atoms with van der Waals surface area (Å²) in [6.07, 6.45) is 0. The molecule has 0 bridgehead atoms. The highest BCUT2D eigenvalue weighted by atomic mass is 16.5. The maximum atomic E-state index is 6.66. The lowest BCUT2D eigenvalue weighted by Crippen LogP contribution is -2.32. The van der Waals surface area contributed by atoms with Crippen molar-refractivity contribution in [3.63, 3.8) is 0 Å². The van der Waals surface area contributed by atoms with Crippen molar-refractivity contribution in [2.75, 3.05) is 4.90 Å². The number of benzene rings is 9. The molecule has 58 heavy (non-hydrogen) atoms. The highest BCUT2D eigenvalue weighted by Crippen LogP contribution is 2.62. The molecule has 0 radical (unpaired) electrons. The van der Waals surface area contributed by atoms with Gasteiger partial charge in [-0.05, 0) is 93.5 Å². The first-order valence-corrected chi connectivity index (χ1v) is 19.8. The Kier molecular flexibility index (Phi) is 7.14. The molecule has 272 valence electrons. The third-order valence-electron chi connectivity index (χ3n) is 12.1. The number of hydrogen-bond donors (Lipinski definition) is 0. The number of ether oxygens (including phenoxy) is 1. The van der Waals surface area contributed by atoms with Crippen molar-refractivity contribution in [1.29, 1.82) is 0 Å². The molecule has 2 heterocycles. The van der Waals surface area contributed by atoms with E-state index in [1.165, 1.54) is 33.4 Å². The van der Waals surface area contributed by atoms with Crippen LogP contribution in [0.1, 0.15) is 22.3 Å². The lowest BCUT2D eigenvalue weighted by Gasteiger charge is -2.39. The maximum absolute atomic E-state index is 6.66. The van der Waals surface area contributed by atoms with Gasteiger partial charge in [-0.1, -0.05) is 158 Å². The summed E-state index contributed by atoms with van der Waals surface area (Å²) in [4.78, 5) is 2.39. The standard InChI is InChI=1S/C55H35NO2/c1-3-14-36(15-4-1)37-26-28-39(29-27-37)56(40-31-33-51-46(34-40)45-20-13-19-42(54(45)58-51)38-16-5-2-6-17-38)41-30-32-44-43-18-7-8-21-47(43)55(50(44)35-41)48-22-9-11-24-52(48)57-53-25-12-10-23-49(53)55/h1-35H. The van der Waals surface area contributed by atoms with Crippen LogP contribution < -0.4 is 9.64 Å². The number of fused-ring (bicyclic) bond motifs is 12. The average molecular weight is 742 g/mol. The van der Waals surface area contributed by atoms with Gasteiger partial charge in [0.25, 0.3) is 0 Å². The molecule has 1 aliphatic carbocycles. The Balaban J connectivity index is 1.10. The topological polar surface area (TPSA) is 25.6 Å². The summed E-state index contributed by atoms with van der Waals surface area (Å²) >= 11 is 0. The second-order valence-electron chi connectivity index (χ2n) is 15.2. The summed E-state index contributed by atoms with van der Waals surface area (Å²) in [7, 11) is 0. The van der Waals surface area contributed by atoms with Crippen molar-refractivity contribution < 1.29 is 9.15 Å². The molecule has 3 nitrogen and oxygen atoms in total. The van der Waals surface area contributed by atoms with E-state index in [0.29, 0.717) is 0 Å². The van der Waals surface area contributed by atoms with Crippen molar-refractivity contribution in [2.24, 2.45) is 0 Å². The van der Waals surface area contributed by atoms with E-state index in [4.69, 9.17) is 9.15 Å². The molecule has 3 heteroatoms. The van der Waals surface area contributed by atoms with Gasteiger partial charge in [0.1, 0.15) is 22.7 Å². The average Bonchev–Trinajstić information content (AvgIpc) is 3.81. The van der Waals surface area contributed by atoms with Gasteiger partial charge in [0.2, 0.25) is 0 Å². The van der Waals surface area contributed by atoms with Crippen molar-refractivity contribution in [2.45, 2.75) is 5.41 Å². The van der Waals surface area contributed by atoms with E-state index in [2.05, 4.69) is 217 Å². The van der Waals surface area contributed by atoms with Crippen LogP contribution in [0.25, 0.3) is 55.3 Å². The van der Waals surface area contributed by atoms with E-state index < -0.39 is 5.41 Å². The Labute approximate surface area is 336 Å². The second-order valence-corrected chi connectivity index (χ2v) is 15.2. The largest absolute Gasteiger partial charge is 0.457 e. The Hall–Kier alpha value is -7.62. The van der Waals surface area contributed by atoms with E-state index in [-0.39, 0.29) is 0 Å². The monoisotopic (exact) mass is 741 g/mol. The van der Waals surface area contributed by atoms with Gasteiger partial charge in [-0.2, -0.15) is 0 Å². The molecule has 0 saturated carbocycles. The first-order chi connectivity index (χ1) is 28.8. The van der Waals surface area contributed by atoms with Crippen LogP contribution in [0.3, 0.4) is 0 Å². The van der Waals surface area contributed by atoms with Gasteiger partial charge in [0, 0.05) is 44.5 Å². The fourth-order valence-electron chi connectivity index (χ4n) is 9.63. The minimum Gasteiger partial charge on any atom is -0.457 e. The molecule has 0 atom stereocenters. The van der Waals surface area contributed by atoms with Gasteiger partial charge in [-0.3, -0.25) is 0 Å². The third kappa shape index (κ3) is 4.74. The first kappa shape index (κ1) is 32.6.